The van der Waals surface area contributed by atoms with Gasteiger partial charge in [0.2, 0.25) is 15.7 Å². The Balaban J connectivity index is 1.58. The number of nitrogens with zero attached hydrogens (tertiary/aromatic N) is 2. The van der Waals surface area contributed by atoms with Gasteiger partial charge in [-0.3, -0.25) is 14.3 Å². The maximum absolute atomic E-state index is 12.6. The van der Waals surface area contributed by atoms with Gasteiger partial charge in [0, 0.05) is 30.2 Å². The third-order valence-corrected chi connectivity index (χ3v) is 5.61. The van der Waals surface area contributed by atoms with Crippen LogP contribution in [0.25, 0.3) is 0 Å². The summed E-state index contributed by atoms with van der Waals surface area (Å²) in [4.78, 5) is 23.8. The topological polar surface area (TPSA) is 110 Å². The van der Waals surface area contributed by atoms with E-state index in [1.54, 1.807) is 42.7 Å². The summed E-state index contributed by atoms with van der Waals surface area (Å²) < 4.78 is 49.5. The van der Waals surface area contributed by atoms with Gasteiger partial charge in [0.15, 0.2) is 0 Å². The van der Waals surface area contributed by atoms with Gasteiger partial charge in [0.25, 0.3) is 5.91 Å². The van der Waals surface area contributed by atoms with Crippen molar-refractivity contribution < 1.29 is 26.8 Å². The summed E-state index contributed by atoms with van der Waals surface area (Å²) in [5.74, 6) is -4.29. The highest BCUT2D eigenvalue weighted by atomic mass is 32.2. The zero-order valence-electron chi connectivity index (χ0n) is 16.0. The number of anilines is 1. The van der Waals surface area contributed by atoms with E-state index in [-0.39, 0.29) is 24.6 Å². The van der Waals surface area contributed by atoms with Crippen molar-refractivity contribution in [1.29, 1.82) is 0 Å². The van der Waals surface area contributed by atoms with Crippen LogP contribution in [0.3, 0.4) is 0 Å². The van der Waals surface area contributed by atoms with Crippen LogP contribution in [-0.4, -0.2) is 35.8 Å². The van der Waals surface area contributed by atoms with E-state index in [2.05, 4.69) is 15.7 Å². The van der Waals surface area contributed by atoms with E-state index in [9.17, 15) is 26.8 Å². The molecular formula is C20H18F2N4O4S. The summed E-state index contributed by atoms with van der Waals surface area (Å²) >= 11 is 0. The number of alkyl halides is 2. The minimum Gasteiger partial charge on any atom is -0.348 e. The molecule has 31 heavy (non-hydrogen) atoms. The molecular weight excluding hydrogens is 430 g/mol. The summed E-state index contributed by atoms with van der Waals surface area (Å²) in [6.45, 7) is 0.198. The molecule has 1 heterocycles. The van der Waals surface area contributed by atoms with Crippen molar-refractivity contribution in [2.45, 2.75) is 23.7 Å². The van der Waals surface area contributed by atoms with E-state index in [1.807, 2.05) is 0 Å². The molecule has 2 N–H and O–H groups in total. The standard InChI is InChI=1S/C20H18F2N4O4S/c21-20(22)31(29,30)17-7-5-15(6-8-17)19(28)23-12-14-3-1-4-16(11-14)25-18(27)13-26-10-2-9-24-26/h1-11,20H,12-13H2,(H,23,28)(H,25,27). The van der Waals surface area contributed by atoms with Crippen LogP contribution >= 0.6 is 0 Å². The zero-order chi connectivity index (χ0) is 22.4. The van der Waals surface area contributed by atoms with Gasteiger partial charge in [-0.05, 0) is 48.0 Å². The number of carbonyl (C=O) groups excluding carboxylic acids is 2. The second-order valence-electron chi connectivity index (χ2n) is 6.46. The van der Waals surface area contributed by atoms with Crippen molar-refractivity contribution in [3.63, 3.8) is 0 Å². The number of sulfone groups is 1. The highest BCUT2D eigenvalue weighted by Gasteiger charge is 2.26. The Bertz CT molecular complexity index is 1160. The largest absolute Gasteiger partial charge is 0.348 e. The molecule has 0 spiro atoms. The fourth-order valence-electron chi connectivity index (χ4n) is 2.68. The van der Waals surface area contributed by atoms with Gasteiger partial charge in [0.05, 0.1) is 4.90 Å². The molecule has 0 aliphatic carbocycles. The van der Waals surface area contributed by atoms with Crippen LogP contribution in [0.2, 0.25) is 0 Å². The second-order valence-corrected chi connectivity index (χ2v) is 8.38. The predicted octanol–water partition coefficient (Wildman–Crippen LogP) is 2.45. The van der Waals surface area contributed by atoms with Crippen molar-refractivity contribution in [2.75, 3.05) is 5.32 Å². The van der Waals surface area contributed by atoms with Crippen LogP contribution in [0.15, 0.2) is 71.9 Å². The molecule has 162 valence electrons. The van der Waals surface area contributed by atoms with Gasteiger partial charge < -0.3 is 10.6 Å². The second kappa shape index (κ2) is 9.47. The lowest BCUT2D eigenvalue weighted by molar-refractivity contribution is -0.116. The van der Waals surface area contributed by atoms with Gasteiger partial charge in [-0.25, -0.2) is 8.42 Å². The van der Waals surface area contributed by atoms with E-state index in [0.717, 1.165) is 24.3 Å². The van der Waals surface area contributed by atoms with Crippen LogP contribution in [0.4, 0.5) is 14.5 Å². The number of halogens is 2. The Morgan fingerprint density at radius 2 is 1.81 bits per heavy atom. The molecule has 0 aliphatic heterocycles. The fourth-order valence-corrected chi connectivity index (χ4v) is 3.41. The molecule has 0 fully saturated rings. The minimum absolute atomic E-state index is 0.0608. The van der Waals surface area contributed by atoms with Crippen LogP contribution in [-0.2, 0) is 27.7 Å². The number of amides is 2. The average Bonchev–Trinajstić information content (AvgIpc) is 3.25. The van der Waals surface area contributed by atoms with Gasteiger partial charge in [-0.1, -0.05) is 12.1 Å². The molecule has 0 bridgehead atoms. The number of carbonyl (C=O) groups is 2. The SMILES string of the molecule is O=C(Cn1cccn1)Nc1cccc(CNC(=O)c2ccc(S(=O)(=O)C(F)F)cc2)c1. The lowest BCUT2D eigenvalue weighted by atomic mass is 10.1. The average molecular weight is 448 g/mol. The van der Waals surface area contributed by atoms with Crippen molar-refractivity contribution >= 4 is 27.3 Å². The molecule has 0 radical (unpaired) electrons. The maximum Gasteiger partial charge on any atom is 0.341 e. The Morgan fingerprint density at radius 3 is 2.45 bits per heavy atom. The first kappa shape index (κ1) is 22.1. The first-order chi connectivity index (χ1) is 14.8. The highest BCUT2D eigenvalue weighted by Crippen LogP contribution is 2.18. The van der Waals surface area contributed by atoms with Crippen LogP contribution in [0.5, 0.6) is 0 Å². The van der Waals surface area contributed by atoms with E-state index in [1.165, 1.54) is 4.68 Å². The van der Waals surface area contributed by atoms with E-state index < -0.39 is 26.4 Å². The molecule has 1 aromatic heterocycles. The molecule has 0 saturated carbocycles. The van der Waals surface area contributed by atoms with Gasteiger partial charge in [-0.15, -0.1) is 0 Å². The van der Waals surface area contributed by atoms with Crippen LogP contribution in [0.1, 0.15) is 15.9 Å². The van der Waals surface area contributed by atoms with Crippen molar-refractivity contribution in [1.82, 2.24) is 15.1 Å². The maximum atomic E-state index is 12.6. The number of hydrogen-bond acceptors (Lipinski definition) is 5. The monoisotopic (exact) mass is 448 g/mol. The third kappa shape index (κ3) is 5.72. The normalized spacial score (nSPS) is 11.3. The number of rotatable bonds is 8. The summed E-state index contributed by atoms with van der Waals surface area (Å²) in [5, 5.41) is 9.35. The van der Waals surface area contributed by atoms with Crippen LogP contribution < -0.4 is 10.6 Å². The molecule has 11 heteroatoms. The summed E-state index contributed by atoms with van der Waals surface area (Å²) in [6.07, 6.45) is 3.24. The molecule has 0 aliphatic rings. The van der Waals surface area contributed by atoms with E-state index in [4.69, 9.17) is 0 Å². The number of hydrogen-bond donors (Lipinski definition) is 2. The molecule has 3 aromatic rings. The summed E-state index contributed by atoms with van der Waals surface area (Å²) in [5.41, 5.74) is 1.38. The molecule has 0 atom stereocenters. The fraction of sp³-hybridized carbons (Fsp3) is 0.150. The first-order valence-electron chi connectivity index (χ1n) is 9.02. The highest BCUT2D eigenvalue weighted by molar-refractivity contribution is 7.91. The molecule has 2 amide bonds. The van der Waals surface area contributed by atoms with Crippen LogP contribution in [0, 0.1) is 0 Å². The Hall–Kier alpha value is -3.60. The molecule has 0 unspecified atom stereocenters. The quantitative estimate of drug-likeness (QED) is 0.550. The number of aromatic nitrogens is 2. The molecule has 2 aromatic carbocycles. The lowest BCUT2D eigenvalue weighted by Crippen LogP contribution is -2.23. The van der Waals surface area contributed by atoms with Crippen molar-refractivity contribution in [3.05, 3.63) is 78.1 Å². The third-order valence-electron chi connectivity index (χ3n) is 4.21. The smallest absolute Gasteiger partial charge is 0.341 e. The minimum atomic E-state index is -4.71. The predicted molar refractivity (Wildman–Crippen MR) is 108 cm³/mol. The van der Waals surface area contributed by atoms with E-state index >= 15 is 0 Å². The summed E-state index contributed by atoms with van der Waals surface area (Å²) in [7, 11) is -4.71. The number of benzene rings is 2. The number of nitrogens with one attached hydrogen (secondary N) is 2. The Kier molecular flexibility index (Phi) is 6.75. The zero-order valence-corrected chi connectivity index (χ0v) is 16.9. The molecule has 8 nitrogen and oxygen atoms in total. The van der Waals surface area contributed by atoms with Gasteiger partial charge in [0.1, 0.15) is 6.54 Å². The Morgan fingerprint density at radius 1 is 1.06 bits per heavy atom. The molecule has 0 saturated heterocycles. The summed E-state index contributed by atoms with van der Waals surface area (Å²) in [6, 6.07) is 12.8. The Labute approximate surface area is 176 Å². The van der Waals surface area contributed by atoms with Crippen molar-refractivity contribution in [3.8, 4) is 0 Å². The van der Waals surface area contributed by atoms with Crippen molar-refractivity contribution in [2.24, 2.45) is 0 Å². The van der Waals surface area contributed by atoms with Gasteiger partial charge in [-0.2, -0.15) is 13.9 Å². The van der Waals surface area contributed by atoms with E-state index in [0.29, 0.717) is 11.3 Å². The molecule has 3 rings (SSSR count). The van der Waals surface area contributed by atoms with Gasteiger partial charge >= 0.3 is 5.76 Å². The first-order valence-corrected chi connectivity index (χ1v) is 10.6. The lowest BCUT2D eigenvalue weighted by Gasteiger charge is -2.09.